The Labute approximate surface area is 135 Å². The van der Waals surface area contributed by atoms with E-state index in [-0.39, 0.29) is 17.5 Å². The maximum atomic E-state index is 12.8. The summed E-state index contributed by atoms with van der Waals surface area (Å²) in [4.78, 5) is 29.5. The van der Waals surface area contributed by atoms with Crippen molar-refractivity contribution in [2.45, 2.75) is 26.3 Å². The van der Waals surface area contributed by atoms with Crippen molar-refractivity contribution in [3.8, 4) is 0 Å². The molecule has 0 fully saturated rings. The van der Waals surface area contributed by atoms with E-state index < -0.39 is 5.97 Å². The summed E-state index contributed by atoms with van der Waals surface area (Å²) in [5, 5.41) is 8.94. The number of carbonyl (C=O) groups excluding carboxylic acids is 1. The van der Waals surface area contributed by atoms with Gasteiger partial charge in [0, 0.05) is 24.5 Å². The van der Waals surface area contributed by atoms with Gasteiger partial charge in [0.15, 0.2) is 0 Å². The lowest BCUT2D eigenvalue weighted by Crippen LogP contribution is -2.34. The van der Waals surface area contributed by atoms with Gasteiger partial charge in [-0.15, -0.1) is 0 Å². The number of aromatic carboxylic acids is 1. The molecule has 0 aliphatic rings. The third-order valence-electron chi connectivity index (χ3n) is 3.83. The summed E-state index contributed by atoms with van der Waals surface area (Å²) in [5.74, 6) is -1.10. The molecule has 1 aromatic heterocycles. The van der Waals surface area contributed by atoms with E-state index >= 15 is 0 Å². The Morgan fingerprint density at radius 1 is 1.04 bits per heavy atom. The molecule has 0 saturated carbocycles. The van der Waals surface area contributed by atoms with Crippen molar-refractivity contribution in [1.29, 1.82) is 0 Å². The first-order valence-corrected chi connectivity index (χ1v) is 7.62. The first-order chi connectivity index (χ1) is 11.1. The third-order valence-corrected chi connectivity index (χ3v) is 3.83. The maximum absolute atomic E-state index is 12.8. The Morgan fingerprint density at radius 3 is 2.09 bits per heavy atom. The molecule has 0 saturated heterocycles. The molecule has 1 atom stereocenters. The van der Waals surface area contributed by atoms with Crippen molar-refractivity contribution in [3.05, 3.63) is 65.5 Å². The van der Waals surface area contributed by atoms with Crippen LogP contribution in [0, 0.1) is 0 Å². The number of nitrogens with zero attached hydrogens (tertiary/aromatic N) is 2. The summed E-state index contributed by atoms with van der Waals surface area (Å²) in [5.41, 5.74) is 1.70. The number of rotatable bonds is 6. The quantitative estimate of drug-likeness (QED) is 0.887. The predicted octanol–water partition coefficient (Wildman–Crippen LogP) is 3.39. The van der Waals surface area contributed by atoms with E-state index in [1.165, 1.54) is 12.1 Å². The van der Waals surface area contributed by atoms with Gasteiger partial charge in [0.25, 0.3) is 5.91 Å². The fourth-order valence-electron chi connectivity index (χ4n) is 2.65. The Balaban J connectivity index is 2.28. The second-order valence-electron chi connectivity index (χ2n) is 5.18. The maximum Gasteiger partial charge on any atom is 0.335 e. The molecule has 0 radical (unpaired) electrons. The Kier molecular flexibility index (Phi) is 5.46. The molecule has 0 bridgehead atoms. The van der Waals surface area contributed by atoms with Gasteiger partial charge in [-0.05, 0) is 55.3 Å². The summed E-state index contributed by atoms with van der Waals surface area (Å²) in [6, 6.07) is 9.83. The number of hydrogen-bond donors (Lipinski definition) is 1. The zero-order chi connectivity index (χ0) is 16.8. The number of amides is 1. The van der Waals surface area contributed by atoms with E-state index in [1.54, 1.807) is 29.4 Å². The van der Waals surface area contributed by atoms with Gasteiger partial charge in [0.05, 0.1) is 11.6 Å². The zero-order valence-corrected chi connectivity index (χ0v) is 13.3. The van der Waals surface area contributed by atoms with Crippen LogP contribution in [0.1, 0.15) is 52.6 Å². The monoisotopic (exact) mass is 312 g/mol. The van der Waals surface area contributed by atoms with Gasteiger partial charge in [-0.3, -0.25) is 9.78 Å². The molecule has 1 unspecified atom stereocenters. The lowest BCUT2D eigenvalue weighted by Gasteiger charge is -2.30. The van der Waals surface area contributed by atoms with E-state index in [9.17, 15) is 9.59 Å². The number of carboxylic acids is 1. The number of hydrogen-bond acceptors (Lipinski definition) is 3. The van der Waals surface area contributed by atoms with Gasteiger partial charge in [-0.1, -0.05) is 6.92 Å². The fraction of sp³-hybridized carbons (Fsp3) is 0.278. The second-order valence-corrected chi connectivity index (χ2v) is 5.18. The largest absolute Gasteiger partial charge is 0.478 e. The molecule has 1 N–H and O–H groups in total. The van der Waals surface area contributed by atoms with E-state index in [4.69, 9.17) is 5.11 Å². The van der Waals surface area contributed by atoms with E-state index in [2.05, 4.69) is 4.98 Å². The van der Waals surface area contributed by atoms with Crippen LogP contribution in [0.25, 0.3) is 0 Å². The van der Waals surface area contributed by atoms with Crippen LogP contribution < -0.4 is 0 Å². The lowest BCUT2D eigenvalue weighted by atomic mass is 10.0. The van der Waals surface area contributed by atoms with Crippen molar-refractivity contribution in [1.82, 2.24) is 9.88 Å². The number of carbonyl (C=O) groups is 2. The molecule has 5 heteroatoms. The molecular weight excluding hydrogens is 292 g/mol. The van der Waals surface area contributed by atoms with Gasteiger partial charge >= 0.3 is 5.97 Å². The molecule has 0 spiro atoms. The minimum absolute atomic E-state index is 0.0327. The molecule has 23 heavy (non-hydrogen) atoms. The van der Waals surface area contributed by atoms with Crippen LogP contribution in [0.2, 0.25) is 0 Å². The number of carboxylic acid groups (broad SMARTS) is 1. The average molecular weight is 312 g/mol. The smallest absolute Gasteiger partial charge is 0.335 e. The van der Waals surface area contributed by atoms with Gasteiger partial charge < -0.3 is 10.0 Å². The van der Waals surface area contributed by atoms with Crippen LogP contribution in [-0.2, 0) is 0 Å². The van der Waals surface area contributed by atoms with Gasteiger partial charge in [0.1, 0.15) is 0 Å². The highest BCUT2D eigenvalue weighted by molar-refractivity contribution is 5.96. The van der Waals surface area contributed by atoms with Crippen LogP contribution >= 0.6 is 0 Å². The minimum Gasteiger partial charge on any atom is -0.478 e. The molecule has 0 aliphatic heterocycles. The van der Waals surface area contributed by atoms with E-state index in [1.807, 2.05) is 26.0 Å². The standard InChI is InChI=1S/C18H20N2O3/c1-3-16(13-9-11-19-12-10-13)20(4-2)17(21)14-5-7-15(8-6-14)18(22)23/h5-12,16H,3-4H2,1-2H3,(H,22,23). The Morgan fingerprint density at radius 2 is 1.61 bits per heavy atom. The summed E-state index contributed by atoms with van der Waals surface area (Å²) in [6.07, 6.45) is 4.23. The van der Waals surface area contributed by atoms with E-state index in [0.29, 0.717) is 12.1 Å². The van der Waals surface area contributed by atoms with Gasteiger partial charge in [0.2, 0.25) is 0 Å². The van der Waals surface area contributed by atoms with E-state index in [0.717, 1.165) is 12.0 Å². The summed E-state index contributed by atoms with van der Waals surface area (Å²) >= 11 is 0. The van der Waals surface area contributed by atoms with Crippen molar-refractivity contribution in [3.63, 3.8) is 0 Å². The van der Waals surface area contributed by atoms with Crippen LogP contribution in [0.4, 0.5) is 0 Å². The first-order valence-electron chi connectivity index (χ1n) is 7.62. The summed E-state index contributed by atoms with van der Waals surface area (Å²) in [7, 11) is 0. The molecule has 2 rings (SSSR count). The topological polar surface area (TPSA) is 70.5 Å². The van der Waals surface area contributed by atoms with Crippen molar-refractivity contribution >= 4 is 11.9 Å². The normalized spacial score (nSPS) is 11.7. The first kappa shape index (κ1) is 16.7. The highest BCUT2D eigenvalue weighted by Gasteiger charge is 2.23. The van der Waals surface area contributed by atoms with Crippen LogP contribution in [-0.4, -0.2) is 33.4 Å². The highest BCUT2D eigenvalue weighted by atomic mass is 16.4. The fourth-order valence-corrected chi connectivity index (χ4v) is 2.65. The highest BCUT2D eigenvalue weighted by Crippen LogP contribution is 2.25. The third kappa shape index (κ3) is 3.74. The van der Waals surface area contributed by atoms with Crippen LogP contribution in [0.3, 0.4) is 0 Å². The van der Waals surface area contributed by atoms with Gasteiger partial charge in [-0.25, -0.2) is 4.79 Å². The van der Waals surface area contributed by atoms with Crippen molar-refractivity contribution in [2.75, 3.05) is 6.54 Å². The minimum atomic E-state index is -1.00. The SMILES string of the molecule is CCC(c1ccncc1)N(CC)C(=O)c1ccc(C(=O)O)cc1. The lowest BCUT2D eigenvalue weighted by molar-refractivity contribution is 0.0674. The molecule has 0 aliphatic carbocycles. The molecular formula is C18H20N2O3. The molecule has 1 aromatic carbocycles. The molecule has 120 valence electrons. The molecule has 5 nitrogen and oxygen atoms in total. The van der Waals surface area contributed by atoms with Crippen LogP contribution in [0.15, 0.2) is 48.8 Å². The molecule has 2 aromatic rings. The molecule has 1 heterocycles. The molecule has 1 amide bonds. The van der Waals surface area contributed by atoms with Crippen molar-refractivity contribution < 1.29 is 14.7 Å². The summed E-state index contributed by atoms with van der Waals surface area (Å²) < 4.78 is 0. The Hall–Kier alpha value is -2.69. The Bertz CT molecular complexity index is 668. The predicted molar refractivity (Wildman–Crippen MR) is 87.4 cm³/mol. The number of aromatic nitrogens is 1. The average Bonchev–Trinajstić information content (AvgIpc) is 2.59. The van der Waals surface area contributed by atoms with Crippen LogP contribution in [0.5, 0.6) is 0 Å². The second kappa shape index (κ2) is 7.54. The zero-order valence-electron chi connectivity index (χ0n) is 13.3. The van der Waals surface area contributed by atoms with Gasteiger partial charge in [-0.2, -0.15) is 0 Å². The van der Waals surface area contributed by atoms with Crippen molar-refractivity contribution in [2.24, 2.45) is 0 Å². The number of pyridine rings is 1. The number of benzene rings is 1. The summed E-state index contributed by atoms with van der Waals surface area (Å²) in [6.45, 7) is 4.54.